The number of benzene rings is 2. The van der Waals surface area contributed by atoms with E-state index in [0.717, 1.165) is 22.4 Å². The van der Waals surface area contributed by atoms with E-state index in [-0.39, 0.29) is 4.90 Å². The molecule has 0 amide bonds. The maximum Gasteiger partial charge on any atom is 0.238 e. The van der Waals surface area contributed by atoms with Crippen LogP contribution in [0.25, 0.3) is 22.4 Å². The normalized spacial score (nSPS) is 11.5. The topological polar surface area (TPSA) is 88.8 Å². The smallest absolute Gasteiger partial charge is 0.238 e. The highest BCUT2D eigenvalue weighted by Gasteiger charge is 2.12. The van der Waals surface area contributed by atoms with Crippen molar-refractivity contribution >= 4 is 21.6 Å². The van der Waals surface area contributed by atoms with Gasteiger partial charge < -0.3 is 0 Å². The van der Waals surface area contributed by atoms with Crippen LogP contribution in [0.5, 0.6) is 0 Å². The molecule has 0 aliphatic rings. The predicted molar refractivity (Wildman–Crippen MR) is 84.7 cm³/mol. The number of aromatic amines is 1. The summed E-state index contributed by atoms with van der Waals surface area (Å²) in [6.45, 7) is 0. The van der Waals surface area contributed by atoms with Crippen LogP contribution in [-0.4, -0.2) is 18.6 Å². The maximum atomic E-state index is 11.3. The van der Waals surface area contributed by atoms with Gasteiger partial charge in [-0.25, -0.2) is 13.6 Å². The molecule has 0 unspecified atom stereocenters. The molecule has 0 bridgehead atoms. The van der Waals surface area contributed by atoms with E-state index in [9.17, 15) is 8.42 Å². The van der Waals surface area contributed by atoms with E-state index in [2.05, 4.69) is 16.4 Å². The molecule has 111 valence electrons. The van der Waals surface area contributed by atoms with E-state index in [1.165, 1.54) is 12.1 Å². The molecular weight excluding hydrogens is 322 g/mol. The first-order valence-electron chi connectivity index (χ1n) is 6.30. The van der Waals surface area contributed by atoms with Crippen molar-refractivity contribution in [3.63, 3.8) is 0 Å². The number of H-pyrrole nitrogens is 1. The van der Waals surface area contributed by atoms with E-state index < -0.39 is 10.0 Å². The van der Waals surface area contributed by atoms with E-state index >= 15 is 0 Å². The second kappa shape index (κ2) is 5.57. The highest BCUT2D eigenvalue weighted by molar-refractivity contribution is 7.89. The van der Waals surface area contributed by atoms with Crippen molar-refractivity contribution in [3.05, 3.63) is 59.8 Å². The van der Waals surface area contributed by atoms with Gasteiger partial charge in [-0.05, 0) is 29.8 Å². The van der Waals surface area contributed by atoms with Crippen LogP contribution in [-0.2, 0) is 10.0 Å². The second-order valence-corrected chi connectivity index (χ2v) is 6.66. The molecule has 7 heteroatoms. The summed E-state index contributed by atoms with van der Waals surface area (Å²) in [6, 6.07) is 13.5. The number of primary sulfonamides is 1. The molecule has 2 aromatic carbocycles. The van der Waals surface area contributed by atoms with Crippen LogP contribution in [0.1, 0.15) is 0 Å². The fourth-order valence-corrected chi connectivity index (χ4v) is 2.74. The number of sulfonamides is 1. The Bertz CT molecular complexity index is 901. The van der Waals surface area contributed by atoms with Crippen LogP contribution in [0.2, 0.25) is 5.02 Å². The Morgan fingerprint density at radius 2 is 1.59 bits per heavy atom. The summed E-state index contributed by atoms with van der Waals surface area (Å²) >= 11 is 5.89. The summed E-state index contributed by atoms with van der Waals surface area (Å²) in [4.78, 5) is 0.0628. The molecule has 0 fully saturated rings. The van der Waals surface area contributed by atoms with Crippen LogP contribution in [0.3, 0.4) is 0 Å². The molecule has 0 spiro atoms. The lowest BCUT2D eigenvalue weighted by molar-refractivity contribution is 0.598. The standard InChI is InChI=1S/C15H11ClN3O2S/c16-12-5-1-11(2-6-12)15-14(9-18-19-15)10-3-7-13(8-4-10)22(17,20)21/h1-8H,(H,18,19)(H2,17,20,21). The Labute approximate surface area is 132 Å². The fourth-order valence-electron chi connectivity index (χ4n) is 2.10. The van der Waals surface area contributed by atoms with Crippen molar-refractivity contribution in [3.8, 4) is 22.4 Å². The van der Waals surface area contributed by atoms with Gasteiger partial charge in [-0.2, -0.15) is 5.10 Å². The van der Waals surface area contributed by atoms with Gasteiger partial charge in [0, 0.05) is 16.1 Å². The van der Waals surface area contributed by atoms with Gasteiger partial charge in [0.15, 0.2) is 0 Å². The average Bonchev–Trinajstić information content (AvgIpc) is 2.97. The van der Waals surface area contributed by atoms with Gasteiger partial charge in [-0.1, -0.05) is 35.9 Å². The number of rotatable bonds is 3. The van der Waals surface area contributed by atoms with Gasteiger partial charge in [0.2, 0.25) is 10.0 Å². The van der Waals surface area contributed by atoms with Crippen molar-refractivity contribution < 1.29 is 8.42 Å². The lowest BCUT2D eigenvalue weighted by Crippen LogP contribution is -2.11. The Morgan fingerprint density at radius 1 is 1.00 bits per heavy atom. The molecule has 1 heterocycles. The van der Waals surface area contributed by atoms with Crippen molar-refractivity contribution in [1.29, 1.82) is 0 Å². The second-order valence-electron chi connectivity index (χ2n) is 4.66. The molecule has 0 saturated carbocycles. The van der Waals surface area contributed by atoms with Crippen LogP contribution in [0, 0.1) is 6.20 Å². The Balaban J connectivity index is 2.03. The minimum absolute atomic E-state index is 0.0628. The van der Waals surface area contributed by atoms with E-state index in [1.807, 2.05) is 12.1 Å². The third kappa shape index (κ3) is 2.89. The monoisotopic (exact) mass is 332 g/mol. The van der Waals surface area contributed by atoms with Crippen molar-refractivity contribution in [2.24, 2.45) is 5.14 Å². The molecule has 22 heavy (non-hydrogen) atoms. The third-order valence-corrected chi connectivity index (χ3v) is 4.37. The van der Waals surface area contributed by atoms with Crippen LogP contribution >= 0.6 is 11.6 Å². The highest BCUT2D eigenvalue weighted by Crippen LogP contribution is 2.30. The maximum absolute atomic E-state index is 11.3. The molecule has 1 radical (unpaired) electrons. The summed E-state index contributed by atoms with van der Waals surface area (Å²) in [6.07, 6.45) is 2.87. The number of nitrogens with zero attached hydrogens (tertiary/aromatic N) is 1. The number of aromatic nitrogens is 2. The molecular formula is C15H11ClN3O2S. The molecule has 0 aliphatic carbocycles. The minimum atomic E-state index is -3.70. The molecule has 3 N–H and O–H groups in total. The largest absolute Gasteiger partial charge is 0.277 e. The lowest BCUT2D eigenvalue weighted by atomic mass is 10.0. The molecule has 3 aromatic rings. The summed E-state index contributed by atoms with van der Waals surface area (Å²) in [7, 11) is -3.70. The molecule has 0 atom stereocenters. The van der Waals surface area contributed by atoms with Crippen molar-refractivity contribution in [1.82, 2.24) is 10.2 Å². The average molecular weight is 333 g/mol. The number of nitrogens with two attached hydrogens (primary N) is 1. The summed E-state index contributed by atoms with van der Waals surface area (Å²) in [5, 5.41) is 12.6. The van der Waals surface area contributed by atoms with Crippen LogP contribution in [0.15, 0.2) is 53.4 Å². The van der Waals surface area contributed by atoms with Crippen molar-refractivity contribution in [2.45, 2.75) is 4.90 Å². The molecule has 5 nitrogen and oxygen atoms in total. The van der Waals surface area contributed by atoms with Gasteiger partial charge in [-0.3, -0.25) is 5.10 Å². The molecule has 0 aliphatic heterocycles. The van der Waals surface area contributed by atoms with E-state index in [1.54, 1.807) is 24.3 Å². The predicted octanol–water partition coefficient (Wildman–Crippen LogP) is 2.84. The van der Waals surface area contributed by atoms with Gasteiger partial charge in [0.25, 0.3) is 0 Å². The summed E-state index contributed by atoms with van der Waals surface area (Å²) in [5.74, 6) is 0. The summed E-state index contributed by atoms with van der Waals surface area (Å²) < 4.78 is 22.6. The fraction of sp³-hybridized carbons (Fsp3) is 0. The third-order valence-electron chi connectivity index (χ3n) is 3.19. The zero-order valence-corrected chi connectivity index (χ0v) is 12.8. The zero-order valence-electron chi connectivity index (χ0n) is 11.2. The van der Waals surface area contributed by atoms with Crippen molar-refractivity contribution in [2.75, 3.05) is 0 Å². The van der Waals surface area contributed by atoms with Gasteiger partial charge >= 0.3 is 0 Å². The van der Waals surface area contributed by atoms with Crippen LogP contribution in [0.4, 0.5) is 0 Å². The number of hydrogen-bond donors (Lipinski definition) is 2. The first-order chi connectivity index (χ1) is 10.4. The molecule has 0 saturated heterocycles. The van der Waals surface area contributed by atoms with Crippen LogP contribution < -0.4 is 5.14 Å². The Hall–Kier alpha value is -2.15. The van der Waals surface area contributed by atoms with Gasteiger partial charge in [0.05, 0.1) is 10.6 Å². The SMILES string of the molecule is NS(=O)(=O)c1ccc(-c2[c]n[nH]c2-c2ccc(Cl)cc2)cc1. The van der Waals surface area contributed by atoms with E-state index in [0.29, 0.717) is 5.02 Å². The first kappa shape index (κ1) is 14.8. The van der Waals surface area contributed by atoms with Gasteiger partial charge in [0.1, 0.15) is 6.20 Å². The Kier molecular flexibility index (Phi) is 3.74. The molecule has 1 aromatic heterocycles. The van der Waals surface area contributed by atoms with E-state index in [4.69, 9.17) is 16.7 Å². The number of halogens is 1. The lowest BCUT2D eigenvalue weighted by Gasteiger charge is -2.05. The number of hydrogen-bond acceptors (Lipinski definition) is 3. The minimum Gasteiger partial charge on any atom is -0.277 e. The zero-order chi connectivity index (χ0) is 15.7. The number of nitrogens with one attached hydrogen (secondary N) is 1. The molecule has 3 rings (SSSR count). The summed E-state index contributed by atoms with van der Waals surface area (Å²) in [5.41, 5.74) is 3.21. The highest BCUT2D eigenvalue weighted by atomic mass is 35.5. The first-order valence-corrected chi connectivity index (χ1v) is 8.23. The van der Waals surface area contributed by atoms with Gasteiger partial charge in [-0.15, -0.1) is 0 Å². The quantitative estimate of drug-likeness (QED) is 0.772. The Morgan fingerprint density at radius 3 is 2.18 bits per heavy atom.